The van der Waals surface area contributed by atoms with Crippen LogP contribution >= 0.6 is 23.2 Å². The second kappa shape index (κ2) is 8.89. The van der Waals surface area contributed by atoms with Crippen LogP contribution in [-0.4, -0.2) is 36.6 Å². The van der Waals surface area contributed by atoms with E-state index in [-0.39, 0.29) is 34.8 Å². The summed E-state index contributed by atoms with van der Waals surface area (Å²) in [5, 5.41) is 14.1. The lowest BCUT2D eigenvalue weighted by Crippen LogP contribution is -2.41. The lowest BCUT2D eigenvalue weighted by Gasteiger charge is -2.30. The third kappa shape index (κ3) is 4.75. The molecule has 0 spiro atoms. The second-order valence-electron chi connectivity index (χ2n) is 7.02. The summed E-state index contributed by atoms with van der Waals surface area (Å²) in [6, 6.07) is 8.69. The summed E-state index contributed by atoms with van der Waals surface area (Å²) < 4.78 is 26.9. The number of amides is 1. The normalized spacial score (nSPS) is 15.7. The topological polar surface area (TPSA) is 110 Å². The minimum atomic E-state index is -3.94. The summed E-state index contributed by atoms with van der Waals surface area (Å²) in [7, 11) is -3.94. The molecule has 0 saturated carbocycles. The van der Waals surface area contributed by atoms with Gasteiger partial charge in [-0.3, -0.25) is 14.9 Å². The molecular weight excluding hydrogens is 453 g/mol. The Morgan fingerprint density at radius 3 is 2.40 bits per heavy atom. The van der Waals surface area contributed by atoms with Crippen molar-refractivity contribution in [3.05, 3.63) is 62.1 Å². The van der Waals surface area contributed by atoms with Crippen molar-refractivity contribution in [2.24, 2.45) is 5.92 Å². The first-order valence-corrected chi connectivity index (χ1v) is 11.3. The van der Waals surface area contributed by atoms with Crippen molar-refractivity contribution < 1.29 is 18.1 Å². The lowest BCUT2D eigenvalue weighted by molar-refractivity contribution is -0.384. The minimum Gasteiger partial charge on any atom is -0.325 e. The number of hydrogen-bond donors (Lipinski definition) is 1. The molecule has 3 rings (SSSR count). The molecule has 11 heteroatoms. The summed E-state index contributed by atoms with van der Waals surface area (Å²) in [5.41, 5.74) is 1.01. The van der Waals surface area contributed by atoms with Crippen molar-refractivity contribution >= 4 is 50.5 Å². The zero-order valence-corrected chi connectivity index (χ0v) is 18.3. The third-order valence-corrected chi connectivity index (χ3v) is 7.49. The fourth-order valence-corrected chi connectivity index (χ4v) is 5.22. The van der Waals surface area contributed by atoms with Gasteiger partial charge in [-0.25, -0.2) is 8.42 Å². The van der Waals surface area contributed by atoms with E-state index in [1.54, 1.807) is 12.1 Å². The number of nitrogens with zero attached hydrogens (tertiary/aromatic N) is 2. The second-order valence-corrected chi connectivity index (χ2v) is 9.77. The Bertz CT molecular complexity index is 1100. The molecule has 1 saturated heterocycles. The first kappa shape index (κ1) is 22.5. The number of anilines is 1. The molecule has 0 radical (unpaired) electrons. The number of halogens is 2. The number of nitrogens with one attached hydrogen (secondary N) is 1. The number of piperidine rings is 1. The summed E-state index contributed by atoms with van der Waals surface area (Å²) in [5.74, 6) is -0.590. The highest BCUT2D eigenvalue weighted by molar-refractivity contribution is 7.89. The average molecular weight is 472 g/mol. The number of rotatable bonds is 5. The molecule has 8 nitrogen and oxygen atoms in total. The molecule has 0 atom stereocenters. The van der Waals surface area contributed by atoms with Gasteiger partial charge in [-0.15, -0.1) is 0 Å². The van der Waals surface area contributed by atoms with Crippen molar-refractivity contribution in [3.8, 4) is 0 Å². The van der Waals surface area contributed by atoms with Crippen molar-refractivity contribution in [1.29, 1.82) is 0 Å². The predicted octanol–water partition coefficient (Wildman–Crippen LogP) is 4.25. The van der Waals surface area contributed by atoms with Gasteiger partial charge in [0.15, 0.2) is 0 Å². The molecule has 1 amide bonds. The van der Waals surface area contributed by atoms with Gasteiger partial charge in [0.25, 0.3) is 5.69 Å². The van der Waals surface area contributed by atoms with Crippen LogP contribution in [0.5, 0.6) is 0 Å². The van der Waals surface area contributed by atoms with Crippen molar-refractivity contribution in [3.63, 3.8) is 0 Å². The summed E-state index contributed by atoms with van der Waals surface area (Å²) >= 11 is 11.9. The monoisotopic (exact) mass is 471 g/mol. The van der Waals surface area contributed by atoms with Gasteiger partial charge in [0.1, 0.15) is 5.02 Å². The molecule has 160 valence electrons. The highest BCUT2D eigenvalue weighted by Crippen LogP contribution is 2.31. The van der Waals surface area contributed by atoms with Crippen molar-refractivity contribution in [2.75, 3.05) is 18.4 Å². The van der Waals surface area contributed by atoms with Gasteiger partial charge in [-0.1, -0.05) is 29.3 Å². The van der Waals surface area contributed by atoms with Gasteiger partial charge in [0.05, 0.1) is 20.5 Å². The van der Waals surface area contributed by atoms with E-state index < -0.39 is 20.6 Å². The number of hydrogen-bond acceptors (Lipinski definition) is 5. The van der Waals surface area contributed by atoms with E-state index in [9.17, 15) is 23.3 Å². The largest absolute Gasteiger partial charge is 0.325 e. The predicted molar refractivity (Wildman–Crippen MR) is 114 cm³/mol. The molecular formula is C19H19Cl2N3O5S. The maximum atomic E-state index is 12.9. The first-order chi connectivity index (χ1) is 14.1. The van der Waals surface area contributed by atoms with Crippen LogP contribution in [-0.2, 0) is 14.8 Å². The van der Waals surface area contributed by atoms with Crippen LogP contribution in [0, 0.1) is 23.0 Å². The van der Waals surface area contributed by atoms with E-state index in [1.807, 2.05) is 13.0 Å². The zero-order chi connectivity index (χ0) is 22.1. The molecule has 2 aromatic rings. The van der Waals surface area contributed by atoms with Crippen LogP contribution in [0.15, 0.2) is 41.3 Å². The summed E-state index contributed by atoms with van der Waals surface area (Å²) in [4.78, 5) is 22.7. The number of sulfonamides is 1. The average Bonchev–Trinajstić information content (AvgIpc) is 2.70. The van der Waals surface area contributed by atoms with Crippen LogP contribution in [0.3, 0.4) is 0 Å². The Morgan fingerprint density at radius 1 is 1.13 bits per heavy atom. The van der Waals surface area contributed by atoms with Gasteiger partial charge < -0.3 is 5.32 Å². The number of carbonyl (C=O) groups is 1. The summed E-state index contributed by atoms with van der Waals surface area (Å²) in [6.45, 7) is 2.14. The minimum absolute atomic E-state index is 0.123. The van der Waals surface area contributed by atoms with Crippen LogP contribution in [0.25, 0.3) is 0 Å². The van der Waals surface area contributed by atoms with Crippen LogP contribution < -0.4 is 5.32 Å². The number of benzene rings is 2. The Kier molecular flexibility index (Phi) is 6.66. The van der Waals surface area contributed by atoms with Crippen LogP contribution in [0.1, 0.15) is 18.4 Å². The number of nitro benzene ring substituents is 1. The zero-order valence-electron chi connectivity index (χ0n) is 16.0. The van der Waals surface area contributed by atoms with Gasteiger partial charge in [0.2, 0.25) is 15.9 Å². The maximum absolute atomic E-state index is 12.9. The number of nitro groups is 1. The molecule has 1 aliphatic heterocycles. The van der Waals surface area contributed by atoms with E-state index in [2.05, 4.69) is 5.32 Å². The van der Waals surface area contributed by atoms with E-state index >= 15 is 0 Å². The molecule has 0 bridgehead atoms. The molecule has 0 aromatic heterocycles. The highest BCUT2D eigenvalue weighted by Gasteiger charge is 2.33. The maximum Gasteiger partial charge on any atom is 0.289 e. The summed E-state index contributed by atoms with van der Waals surface area (Å²) in [6.07, 6.45) is 0.647. The van der Waals surface area contributed by atoms with Crippen LogP contribution in [0.4, 0.5) is 11.4 Å². The molecule has 0 unspecified atom stereocenters. The Hall–Kier alpha value is -2.20. The number of carbonyl (C=O) groups excluding carboxylic acids is 1. The van der Waals surface area contributed by atoms with Gasteiger partial charge in [0, 0.05) is 25.1 Å². The highest BCUT2D eigenvalue weighted by atomic mass is 35.5. The van der Waals surface area contributed by atoms with E-state index in [0.717, 1.165) is 11.6 Å². The fraction of sp³-hybridized carbons (Fsp3) is 0.316. The van der Waals surface area contributed by atoms with Gasteiger partial charge in [-0.05, 0) is 49.6 Å². The standard InChI is InChI=1S/C19H19Cl2N3O5S/c1-12-2-5-17(16(21)10-12)22-19(25)13-6-8-23(9-7-13)30(28,29)14-3-4-15(20)18(11-14)24(26)27/h2-5,10-11,13H,6-9H2,1H3,(H,22,25). The van der Waals surface area contributed by atoms with Crippen molar-refractivity contribution in [1.82, 2.24) is 4.31 Å². The third-order valence-electron chi connectivity index (χ3n) is 4.96. The van der Waals surface area contributed by atoms with E-state index in [4.69, 9.17) is 23.2 Å². The van der Waals surface area contributed by atoms with Gasteiger partial charge >= 0.3 is 0 Å². The smallest absolute Gasteiger partial charge is 0.289 e. The SMILES string of the molecule is Cc1ccc(NC(=O)C2CCN(S(=O)(=O)c3ccc(Cl)c([N+](=O)[O-])c3)CC2)c(Cl)c1. The van der Waals surface area contributed by atoms with Crippen molar-refractivity contribution in [2.45, 2.75) is 24.7 Å². The Labute approximate surface area is 184 Å². The number of aryl methyl sites for hydroxylation is 1. The Balaban J connectivity index is 1.68. The van der Waals surface area contributed by atoms with Crippen LogP contribution in [0.2, 0.25) is 10.0 Å². The molecule has 2 aromatic carbocycles. The van der Waals surface area contributed by atoms with E-state index in [1.165, 1.54) is 16.4 Å². The molecule has 30 heavy (non-hydrogen) atoms. The fourth-order valence-electron chi connectivity index (χ4n) is 3.26. The van der Waals surface area contributed by atoms with Gasteiger partial charge in [-0.2, -0.15) is 4.31 Å². The first-order valence-electron chi connectivity index (χ1n) is 9.10. The molecule has 1 aliphatic rings. The van der Waals surface area contributed by atoms with E-state index in [0.29, 0.717) is 23.6 Å². The molecule has 0 aliphatic carbocycles. The molecule has 1 fully saturated rings. The molecule has 1 heterocycles. The molecule has 1 N–H and O–H groups in total. The lowest BCUT2D eigenvalue weighted by atomic mass is 9.97. The quantitative estimate of drug-likeness (QED) is 0.517. The Morgan fingerprint density at radius 2 is 1.80 bits per heavy atom.